The van der Waals surface area contributed by atoms with Crippen LogP contribution in [0.4, 0.5) is 10.5 Å². The molecule has 0 saturated carbocycles. The van der Waals surface area contributed by atoms with Crippen LogP contribution in [0.2, 0.25) is 0 Å². The van der Waals surface area contributed by atoms with Crippen molar-refractivity contribution in [2.24, 2.45) is 5.92 Å². The van der Waals surface area contributed by atoms with Crippen LogP contribution >= 0.6 is 0 Å². The summed E-state index contributed by atoms with van der Waals surface area (Å²) in [5.74, 6) is 0.211. The molecule has 3 atom stereocenters. The molecule has 1 aliphatic rings. The van der Waals surface area contributed by atoms with Gasteiger partial charge in [-0.05, 0) is 32.9 Å². The summed E-state index contributed by atoms with van der Waals surface area (Å²) in [6.07, 6.45) is 0.158. The average molecular weight is 463 g/mol. The molecule has 0 spiro atoms. The molecule has 2 rings (SSSR count). The van der Waals surface area contributed by atoms with E-state index in [1.54, 1.807) is 37.3 Å². The van der Waals surface area contributed by atoms with Gasteiger partial charge in [-0.1, -0.05) is 13.8 Å². The van der Waals surface area contributed by atoms with Crippen molar-refractivity contribution < 1.29 is 23.9 Å². The van der Waals surface area contributed by atoms with Crippen LogP contribution in [0.5, 0.6) is 5.75 Å². The number of benzene rings is 1. The highest BCUT2D eigenvalue weighted by Crippen LogP contribution is 2.27. The maximum absolute atomic E-state index is 13.2. The fourth-order valence-electron chi connectivity index (χ4n) is 3.83. The number of amides is 4. The molecule has 0 bridgehead atoms. The number of hydrogen-bond acceptors (Lipinski definition) is 5. The normalized spacial score (nSPS) is 22.1. The van der Waals surface area contributed by atoms with Gasteiger partial charge < -0.3 is 29.9 Å². The smallest absolute Gasteiger partial charge is 0.319 e. The van der Waals surface area contributed by atoms with Crippen molar-refractivity contribution in [3.63, 3.8) is 0 Å². The molecule has 0 aromatic heterocycles. The average Bonchev–Trinajstić information content (AvgIpc) is 2.76. The summed E-state index contributed by atoms with van der Waals surface area (Å²) in [5.41, 5.74) is 0.892. The quantitative estimate of drug-likeness (QED) is 0.717. The van der Waals surface area contributed by atoms with Gasteiger partial charge >= 0.3 is 6.03 Å². The highest BCUT2D eigenvalue weighted by Gasteiger charge is 2.29. The Bertz CT molecular complexity index is 844. The number of carbonyl (C=O) groups is 3. The monoisotopic (exact) mass is 462 g/mol. The largest absolute Gasteiger partial charge is 0.491 e. The van der Waals surface area contributed by atoms with Crippen molar-refractivity contribution >= 4 is 23.5 Å². The van der Waals surface area contributed by atoms with Gasteiger partial charge in [0.15, 0.2) is 0 Å². The lowest BCUT2D eigenvalue weighted by molar-refractivity contribution is -0.135. The molecule has 9 nitrogen and oxygen atoms in total. The minimum atomic E-state index is -0.341. The molecule has 1 aliphatic heterocycles. The number of urea groups is 1. The summed E-state index contributed by atoms with van der Waals surface area (Å²) in [5, 5.41) is 5.53. The van der Waals surface area contributed by atoms with Gasteiger partial charge in [0, 0.05) is 57.4 Å². The van der Waals surface area contributed by atoms with Crippen LogP contribution in [0.25, 0.3) is 0 Å². The van der Waals surface area contributed by atoms with Crippen LogP contribution in [0.1, 0.15) is 51.4 Å². The van der Waals surface area contributed by atoms with Gasteiger partial charge in [0.05, 0.1) is 17.7 Å². The summed E-state index contributed by atoms with van der Waals surface area (Å²) in [6.45, 7) is 10.6. The van der Waals surface area contributed by atoms with E-state index in [-0.39, 0.29) is 48.6 Å². The zero-order valence-corrected chi connectivity index (χ0v) is 20.8. The Morgan fingerprint density at radius 1 is 1.24 bits per heavy atom. The lowest BCUT2D eigenvalue weighted by Gasteiger charge is -2.36. The topological polar surface area (TPSA) is 100 Å². The highest BCUT2D eigenvalue weighted by molar-refractivity contribution is 5.98. The molecule has 0 fully saturated rings. The van der Waals surface area contributed by atoms with E-state index >= 15 is 0 Å². The summed E-state index contributed by atoms with van der Waals surface area (Å²) < 4.78 is 11.8. The van der Waals surface area contributed by atoms with Gasteiger partial charge in [-0.15, -0.1) is 0 Å². The van der Waals surface area contributed by atoms with E-state index in [2.05, 4.69) is 10.6 Å². The van der Waals surface area contributed by atoms with Gasteiger partial charge in [0.1, 0.15) is 12.4 Å². The molecule has 0 aliphatic carbocycles. The third kappa shape index (κ3) is 7.08. The first-order chi connectivity index (χ1) is 15.6. The van der Waals surface area contributed by atoms with Crippen LogP contribution in [-0.2, 0) is 9.53 Å². The molecular formula is C24H38N4O5. The molecule has 0 radical (unpaired) electrons. The molecule has 9 heteroatoms. The number of nitrogens with one attached hydrogen (secondary N) is 2. The third-order valence-electron chi connectivity index (χ3n) is 5.75. The zero-order chi connectivity index (χ0) is 24.7. The van der Waals surface area contributed by atoms with Crippen molar-refractivity contribution in [2.75, 3.05) is 39.2 Å². The van der Waals surface area contributed by atoms with Crippen LogP contribution in [0.3, 0.4) is 0 Å². The van der Waals surface area contributed by atoms with Gasteiger partial charge in [0.25, 0.3) is 5.91 Å². The number of carbonyl (C=O) groups excluding carboxylic acids is 3. The maximum atomic E-state index is 13.2. The molecule has 0 unspecified atom stereocenters. The minimum Gasteiger partial charge on any atom is -0.491 e. The molecule has 33 heavy (non-hydrogen) atoms. The summed E-state index contributed by atoms with van der Waals surface area (Å²) in [7, 11) is 3.34. The lowest BCUT2D eigenvalue weighted by Crippen LogP contribution is -2.48. The van der Waals surface area contributed by atoms with E-state index in [0.29, 0.717) is 36.5 Å². The third-order valence-corrected chi connectivity index (χ3v) is 5.75. The van der Waals surface area contributed by atoms with Crippen LogP contribution in [-0.4, -0.2) is 79.7 Å². The molecule has 1 aromatic rings. The summed E-state index contributed by atoms with van der Waals surface area (Å²) in [4.78, 5) is 41.4. The second kappa shape index (κ2) is 11.9. The molecule has 184 valence electrons. The van der Waals surface area contributed by atoms with E-state index in [1.807, 2.05) is 39.5 Å². The van der Waals surface area contributed by atoms with Crippen molar-refractivity contribution in [1.82, 2.24) is 15.1 Å². The Balaban J connectivity index is 2.41. The summed E-state index contributed by atoms with van der Waals surface area (Å²) in [6, 6.07) is 4.40. The number of ether oxygens (including phenoxy) is 2. The van der Waals surface area contributed by atoms with E-state index < -0.39 is 0 Å². The highest BCUT2D eigenvalue weighted by atomic mass is 16.5. The standard InChI is InChI=1S/C24H38N4O5/c1-8-22(29)28-12-16(4)21(32-7)13-27(6)23(30)19-10-9-18(26-24(31)25-15(2)3)11-20(19)33-14-17(28)5/h9-11,15-17,21H,8,12-14H2,1-7H3,(H2,25,26,31)/t16-,17+,21+/m0/s1. The fourth-order valence-corrected chi connectivity index (χ4v) is 3.83. The van der Waals surface area contributed by atoms with Crippen molar-refractivity contribution in [1.29, 1.82) is 0 Å². The molecule has 1 aromatic carbocycles. The first-order valence-corrected chi connectivity index (χ1v) is 11.5. The van der Waals surface area contributed by atoms with Crippen LogP contribution in [0.15, 0.2) is 18.2 Å². The number of likely N-dealkylation sites (N-methyl/N-ethyl adjacent to an activating group) is 1. The second-order valence-electron chi connectivity index (χ2n) is 8.96. The number of anilines is 1. The summed E-state index contributed by atoms with van der Waals surface area (Å²) >= 11 is 0. The number of hydrogen-bond donors (Lipinski definition) is 2. The lowest BCUT2D eigenvalue weighted by atomic mass is 10.0. The van der Waals surface area contributed by atoms with E-state index in [0.717, 1.165) is 0 Å². The Hall–Kier alpha value is -2.81. The fraction of sp³-hybridized carbons (Fsp3) is 0.625. The molecule has 0 saturated heterocycles. The van der Waals surface area contributed by atoms with Crippen LogP contribution < -0.4 is 15.4 Å². The molecule has 1 heterocycles. The SMILES string of the molecule is CCC(=O)N1C[C@H](C)[C@H](OC)CN(C)C(=O)c2ccc(NC(=O)NC(C)C)cc2OC[C@H]1C. The number of fused-ring (bicyclic) bond motifs is 1. The first kappa shape index (κ1) is 26.4. The minimum absolute atomic E-state index is 0.0141. The van der Waals surface area contributed by atoms with Gasteiger partial charge in [-0.25, -0.2) is 4.79 Å². The number of nitrogens with zero attached hydrogens (tertiary/aromatic N) is 2. The molecule has 4 amide bonds. The maximum Gasteiger partial charge on any atom is 0.319 e. The Morgan fingerprint density at radius 3 is 2.55 bits per heavy atom. The predicted molar refractivity (Wildman–Crippen MR) is 128 cm³/mol. The van der Waals surface area contributed by atoms with E-state index in [9.17, 15) is 14.4 Å². The Labute approximate surface area is 196 Å². The zero-order valence-electron chi connectivity index (χ0n) is 20.8. The van der Waals surface area contributed by atoms with Gasteiger partial charge in [0.2, 0.25) is 5.91 Å². The first-order valence-electron chi connectivity index (χ1n) is 11.5. The second-order valence-corrected chi connectivity index (χ2v) is 8.96. The molecule has 2 N–H and O–H groups in total. The number of methoxy groups -OCH3 is 1. The van der Waals surface area contributed by atoms with Crippen molar-refractivity contribution in [2.45, 2.75) is 59.2 Å². The molecular weight excluding hydrogens is 424 g/mol. The number of rotatable bonds is 4. The Morgan fingerprint density at radius 2 is 1.94 bits per heavy atom. The van der Waals surface area contributed by atoms with Crippen molar-refractivity contribution in [3.05, 3.63) is 23.8 Å². The van der Waals surface area contributed by atoms with Gasteiger partial charge in [-0.2, -0.15) is 0 Å². The van der Waals surface area contributed by atoms with E-state index in [4.69, 9.17) is 9.47 Å². The Kier molecular flexibility index (Phi) is 9.52. The van der Waals surface area contributed by atoms with Gasteiger partial charge in [-0.3, -0.25) is 9.59 Å². The van der Waals surface area contributed by atoms with E-state index in [1.165, 1.54) is 0 Å². The van der Waals surface area contributed by atoms with Crippen LogP contribution in [0, 0.1) is 5.92 Å². The van der Waals surface area contributed by atoms with Crippen molar-refractivity contribution in [3.8, 4) is 5.75 Å². The predicted octanol–water partition coefficient (Wildman–Crippen LogP) is 2.96.